The molecule has 0 radical (unpaired) electrons. The van der Waals surface area contributed by atoms with Crippen molar-refractivity contribution in [2.45, 2.75) is 174 Å². The van der Waals surface area contributed by atoms with Gasteiger partial charge in [0.15, 0.2) is 12.4 Å². The third kappa shape index (κ3) is 37.6. The lowest BCUT2D eigenvalue weighted by atomic mass is 10.1. The van der Waals surface area contributed by atoms with Gasteiger partial charge in [-0.1, -0.05) is 127 Å². The van der Waals surface area contributed by atoms with Crippen LogP contribution in [0.2, 0.25) is 0 Å². The third-order valence-electron chi connectivity index (χ3n) is 8.80. The third-order valence-corrected chi connectivity index (χ3v) is 8.80. The fraction of sp³-hybridized carbons (Fsp3) is 0.756. The molecular weight excluding hydrogens is 682 g/mol. The molecule has 0 aromatic carbocycles. The Kier molecular flexibility index (Phi) is 35.3. The highest BCUT2D eigenvalue weighted by atomic mass is 16.7. The summed E-state index contributed by atoms with van der Waals surface area (Å²) in [5.41, 5.74) is 0. The highest BCUT2D eigenvalue weighted by Gasteiger charge is 2.21. The van der Waals surface area contributed by atoms with E-state index in [1.807, 2.05) is 21.1 Å². The molecular formula is C45H79NO8. The monoisotopic (exact) mass is 762 g/mol. The number of allylic oxidation sites excluding steroid dienone is 8. The number of hydrogen-bond acceptors (Lipinski definition) is 8. The zero-order valence-corrected chi connectivity index (χ0v) is 35.1. The summed E-state index contributed by atoms with van der Waals surface area (Å²) in [7, 11) is 5.89. The van der Waals surface area contributed by atoms with E-state index < -0.39 is 24.3 Å². The Morgan fingerprint density at radius 1 is 0.556 bits per heavy atom. The summed E-state index contributed by atoms with van der Waals surface area (Å²) >= 11 is 0. The molecule has 0 aliphatic heterocycles. The molecule has 312 valence electrons. The van der Waals surface area contributed by atoms with Crippen LogP contribution in [0.25, 0.3) is 0 Å². The van der Waals surface area contributed by atoms with Gasteiger partial charge in [0.05, 0.1) is 40.3 Å². The molecule has 9 heteroatoms. The van der Waals surface area contributed by atoms with Gasteiger partial charge in [-0.05, 0) is 70.6 Å². The minimum absolute atomic E-state index is 0.141. The molecule has 0 rings (SSSR count). The minimum Gasteiger partial charge on any atom is -0.545 e. The number of carbonyl (C=O) groups is 3. The molecule has 0 spiro atoms. The van der Waals surface area contributed by atoms with Crippen molar-refractivity contribution < 1.29 is 42.9 Å². The van der Waals surface area contributed by atoms with Crippen LogP contribution in [-0.2, 0) is 33.3 Å². The van der Waals surface area contributed by atoms with Crippen LogP contribution in [-0.4, -0.2) is 82.3 Å². The lowest BCUT2D eigenvalue weighted by Gasteiger charge is -2.26. The number of esters is 2. The van der Waals surface area contributed by atoms with E-state index in [9.17, 15) is 19.5 Å². The molecule has 0 fully saturated rings. The summed E-state index contributed by atoms with van der Waals surface area (Å²) in [4.78, 5) is 36.9. The zero-order chi connectivity index (χ0) is 40.0. The highest BCUT2D eigenvalue weighted by molar-refractivity contribution is 5.70. The summed E-state index contributed by atoms with van der Waals surface area (Å²) in [6.45, 7) is 4.62. The summed E-state index contributed by atoms with van der Waals surface area (Å²) in [6, 6.07) is 0. The number of likely N-dealkylation sites (N-methyl/N-ethyl adjacent to an activating group) is 1. The Labute approximate surface area is 330 Å². The minimum atomic E-state index is -1.63. The molecule has 0 amide bonds. The van der Waals surface area contributed by atoms with E-state index in [2.05, 4.69) is 62.5 Å². The highest BCUT2D eigenvalue weighted by Crippen LogP contribution is 2.12. The van der Waals surface area contributed by atoms with Gasteiger partial charge in [-0.3, -0.25) is 9.59 Å². The number of carboxylic acids is 1. The van der Waals surface area contributed by atoms with Gasteiger partial charge in [0.2, 0.25) is 0 Å². The van der Waals surface area contributed by atoms with Crippen LogP contribution in [0, 0.1) is 0 Å². The number of ether oxygens (including phenoxy) is 4. The smallest absolute Gasteiger partial charge is 0.306 e. The zero-order valence-electron chi connectivity index (χ0n) is 35.1. The number of carbonyl (C=O) groups excluding carboxylic acids is 3. The van der Waals surface area contributed by atoms with E-state index in [0.29, 0.717) is 17.4 Å². The summed E-state index contributed by atoms with van der Waals surface area (Å²) in [6.07, 6.45) is 38.5. The van der Waals surface area contributed by atoms with Crippen molar-refractivity contribution in [1.29, 1.82) is 0 Å². The number of unbranched alkanes of at least 4 members (excludes halogenated alkanes) is 15. The lowest BCUT2D eigenvalue weighted by Crippen LogP contribution is -2.44. The van der Waals surface area contributed by atoms with Gasteiger partial charge in [0.25, 0.3) is 0 Å². The second-order valence-electron chi connectivity index (χ2n) is 15.3. The van der Waals surface area contributed by atoms with Gasteiger partial charge in [0.1, 0.15) is 13.2 Å². The number of hydrogen-bond donors (Lipinski definition) is 0. The number of rotatable bonds is 38. The molecule has 0 aliphatic rings. The van der Waals surface area contributed by atoms with Gasteiger partial charge in [-0.25, -0.2) is 0 Å². The van der Waals surface area contributed by atoms with Crippen LogP contribution >= 0.6 is 0 Å². The van der Waals surface area contributed by atoms with Crippen LogP contribution < -0.4 is 5.11 Å². The average molecular weight is 762 g/mol. The fourth-order valence-corrected chi connectivity index (χ4v) is 5.40. The fourth-order valence-electron chi connectivity index (χ4n) is 5.40. The van der Waals surface area contributed by atoms with Crippen molar-refractivity contribution in [2.75, 3.05) is 47.5 Å². The largest absolute Gasteiger partial charge is 0.545 e. The van der Waals surface area contributed by atoms with E-state index in [1.54, 1.807) is 0 Å². The van der Waals surface area contributed by atoms with Crippen molar-refractivity contribution in [3.8, 4) is 0 Å². The van der Waals surface area contributed by atoms with E-state index in [4.69, 9.17) is 18.9 Å². The van der Waals surface area contributed by atoms with E-state index in [1.165, 1.54) is 38.5 Å². The average Bonchev–Trinajstić information content (AvgIpc) is 3.12. The maximum absolute atomic E-state index is 12.7. The molecule has 0 N–H and O–H groups in total. The molecule has 0 aromatic rings. The van der Waals surface area contributed by atoms with E-state index in [-0.39, 0.29) is 38.6 Å². The first-order valence-electron chi connectivity index (χ1n) is 21.3. The Morgan fingerprint density at radius 2 is 1.02 bits per heavy atom. The van der Waals surface area contributed by atoms with Crippen LogP contribution in [0.4, 0.5) is 0 Å². The SMILES string of the molecule is CCCC/C=C\C/C=C\CCCCCCCC(=O)OCC(COC(OCC[N+](C)(C)C)C(=O)[O-])OC(=O)CCCCCCC/C=C\C/C=C\CCCCC. The molecule has 0 heterocycles. The molecule has 54 heavy (non-hydrogen) atoms. The van der Waals surface area contributed by atoms with Crippen LogP contribution in [0.15, 0.2) is 48.6 Å². The number of nitrogens with zero attached hydrogens (tertiary/aromatic N) is 1. The molecule has 2 atom stereocenters. The lowest BCUT2D eigenvalue weighted by molar-refractivity contribution is -0.870. The van der Waals surface area contributed by atoms with E-state index in [0.717, 1.165) is 89.9 Å². The van der Waals surface area contributed by atoms with Gasteiger partial charge in [-0.2, -0.15) is 0 Å². The number of aliphatic carboxylic acids is 1. The van der Waals surface area contributed by atoms with Crippen LogP contribution in [0.5, 0.6) is 0 Å². The first-order chi connectivity index (χ1) is 26.1. The van der Waals surface area contributed by atoms with Crippen LogP contribution in [0.1, 0.15) is 162 Å². The second kappa shape index (κ2) is 37.2. The van der Waals surface area contributed by atoms with Crippen molar-refractivity contribution in [1.82, 2.24) is 0 Å². The van der Waals surface area contributed by atoms with Crippen molar-refractivity contribution in [2.24, 2.45) is 0 Å². The molecule has 2 unspecified atom stereocenters. The molecule has 0 aliphatic carbocycles. The summed E-state index contributed by atoms with van der Waals surface area (Å²) in [5.74, 6) is -2.33. The van der Waals surface area contributed by atoms with Crippen LogP contribution in [0.3, 0.4) is 0 Å². The standard InChI is InChI=1S/C45H79NO8/c1-6-8-10-12-14-16-18-20-22-24-26-28-30-32-34-36-43(48)54-41(40-53-45(44(49)50)51-38-37-46(3,4)5)39-52-42(47)35-33-31-29-27-25-23-21-19-17-15-13-11-9-7-2/h13-16,19-22,41,45H,6-12,17-18,23-40H2,1-5H3/b15-13-,16-14-,21-19-,22-20-. The maximum atomic E-state index is 12.7. The first kappa shape index (κ1) is 51.2. The molecule has 0 aromatic heterocycles. The van der Waals surface area contributed by atoms with Gasteiger partial charge < -0.3 is 33.3 Å². The van der Waals surface area contributed by atoms with Gasteiger partial charge >= 0.3 is 11.9 Å². The normalized spacial score (nSPS) is 13.4. The Hall–Kier alpha value is -2.75. The number of quaternary nitrogens is 1. The Balaban J connectivity index is 4.54. The van der Waals surface area contributed by atoms with Gasteiger partial charge in [-0.15, -0.1) is 0 Å². The van der Waals surface area contributed by atoms with E-state index >= 15 is 0 Å². The molecule has 9 nitrogen and oxygen atoms in total. The molecule has 0 saturated carbocycles. The first-order valence-corrected chi connectivity index (χ1v) is 21.3. The van der Waals surface area contributed by atoms with Crippen molar-refractivity contribution in [3.63, 3.8) is 0 Å². The number of carboxylic acid groups (broad SMARTS) is 1. The summed E-state index contributed by atoms with van der Waals surface area (Å²) in [5, 5.41) is 11.7. The maximum Gasteiger partial charge on any atom is 0.306 e. The molecule has 0 saturated heterocycles. The second-order valence-corrected chi connectivity index (χ2v) is 15.3. The van der Waals surface area contributed by atoms with Gasteiger partial charge in [0, 0.05) is 12.8 Å². The summed E-state index contributed by atoms with van der Waals surface area (Å²) < 4.78 is 22.5. The Bertz CT molecular complexity index is 1030. The van der Waals surface area contributed by atoms with Crippen molar-refractivity contribution in [3.05, 3.63) is 48.6 Å². The topological polar surface area (TPSA) is 111 Å². The Morgan fingerprint density at radius 3 is 1.52 bits per heavy atom. The predicted molar refractivity (Wildman–Crippen MR) is 219 cm³/mol. The quantitative estimate of drug-likeness (QED) is 0.0201. The predicted octanol–water partition coefficient (Wildman–Crippen LogP) is 9.49. The molecule has 0 bridgehead atoms. The van der Waals surface area contributed by atoms with Crippen molar-refractivity contribution >= 4 is 17.9 Å².